The van der Waals surface area contributed by atoms with E-state index in [1.54, 1.807) is 36.5 Å². The van der Waals surface area contributed by atoms with Gasteiger partial charge in [0.2, 0.25) is 5.91 Å². The molecule has 0 radical (unpaired) electrons. The number of aromatic nitrogens is 3. The molecule has 0 unspecified atom stereocenters. The zero-order chi connectivity index (χ0) is 21.3. The predicted octanol–water partition coefficient (Wildman–Crippen LogP) is 3.45. The molecule has 0 saturated carbocycles. The van der Waals surface area contributed by atoms with Crippen LogP contribution in [0.15, 0.2) is 72.7 Å². The van der Waals surface area contributed by atoms with Crippen LogP contribution in [0.1, 0.15) is 11.1 Å². The molecule has 0 saturated heterocycles. The van der Waals surface area contributed by atoms with Crippen molar-refractivity contribution in [1.29, 1.82) is 5.26 Å². The van der Waals surface area contributed by atoms with Crippen LogP contribution in [0.5, 0.6) is 5.75 Å². The van der Waals surface area contributed by atoms with Gasteiger partial charge in [0.05, 0.1) is 24.5 Å². The number of ether oxygens (including phenoxy) is 1. The van der Waals surface area contributed by atoms with Crippen LogP contribution in [0.2, 0.25) is 0 Å². The molecule has 0 aliphatic heterocycles. The first-order valence-electron chi connectivity index (χ1n) is 9.19. The molecule has 0 bridgehead atoms. The Hall–Kier alpha value is -3.57. The van der Waals surface area contributed by atoms with Gasteiger partial charge in [0.15, 0.2) is 5.16 Å². The molecule has 1 aromatic heterocycles. The zero-order valence-corrected chi connectivity index (χ0v) is 17.4. The normalized spacial score (nSPS) is 10.3. The quantitative estimate of drug-likeness (QED) is 0.390. The van der Waals surface area contributed by atoms with Gasteiger partial charge in [0.1, 0.15) is 12.1 Å². The number of amides is 1. The molecule has 3 rings (SSSR count). The van der Waals surface area contributed by atoms with Gasteiger partial charge < -0.3 is 9.64 Å². The first kappa shape index (κ1) is 21.1. The number of nitrogens with zero attached hydrogens (tertiary/aromatic N) is 5. The van der Waals surface area contributed by atoms with Gasteiger partial charge >= 0.3 is 0 Å². The van der Waals surface area contributed by atoms with E-state index >= 15 is 0 Å². The number of thioether (sulfide) groups is 1. The van der Waals surface area contributed by atoms with Gasteiger partial charge in [-0.2, -0.15) is 5.26 Å². The smallest absolute Gasteiger partial charge is 0.233 e. The molecule has 2 aromatic carbocycles. The summed E-state index contributed by atoms with van der Waals surface area (Å²) >= 11 is 1.33. The van der Waals surface area contributed by atoms with Crippen LogP contribution in [0.25, 0.3) is 5.69 Å². The van der Waals surface area contributed by atoms with Crippen molar-refractivity contribution >= 4 is 17.7 Å². The second-order valence-electron chi connectivity index (χ2n) is 6.34. The number of carbonyl (C=O) groups excluding carboxylic acids is 1. The maximum atomic E-state index is 12.8. The highest BCUT2D eigenvalue weighted by Gasteiger charge is 2.16. The predicted molar refractivity (Wildman–Crippen MR) is 115 cm³/mol. The van der Waals surface area contributed by atoms with E-state index in [2.05, 4.69) is 22.8 Å². The second kappa shape index (κ2) is 10.3. The molecule has 0 aliphatic rings. The van der Waals surface area contributed by atoms with Gasteiger partial charge in [-0.15, -0.1) is 16.8 Å². The number of methoxy groups -OCH3 is 1. The SMILES string of the molecule is C=CCN(Cc1ccc(C#N)cc1)C(=O)CSc1nncn1-c1ccc(OC)cc1. The molecular formula is C22H21N5O2S. The van der Waals surface area contributed by atoms with Gasteiger partial charge in [-0.1, -0.05) is 30.0 Å². The van der Waals surface area contributed by atoms with Crippen molar-refractivity contribution < 1.29 is 9.53 Å². The van der Waals surface area contributed by atoms with Gasteiger partial charge in [-0.25, -0.2) is 0 Å². The van der Waals surface area contributed by atoms with E-state index < -0.39 is 0 Å². The van der Waals surface area contributed by atoms with Crippen molar-refractivity contribution in [3.05, 3.63) is 78.6 Å². The minimum Gasteiger partial charge on any atom is -0.497 e. The lowest BCUT2D eigenvalue weighted by Crippen LogP contribution is -2.32. The Labute approximate surface area is 179 Å². The van der Waals surface area contributed by atoms with Gasteiger partial charge in [-0.05, 0) is 42.0 Å². The monoisotopic (exact) mass is 419 g/mol. The third kappa shape index (κ3) is 5.27. The summed E-state index contributed by atoms with van der Waals surface area (Å²) in [6.07, 6.45) is 3.32. The Morgan fingerprint density at radius 3 is 2.63 bits per heavy atom. The first-order chi connectivity index (χ1) is 14.6. The Morgan fingerprint density at radius 2 is 2.00 bits per heavy atom. The maximum absolute atomic E-state index is 12.8. The Morgan fingerprint density at radius 1 is 1.27 bits per heavy atom. The van der Waals surface area contributed by atoms with E-state index in [1.165, 1.54) is 11.8 Å². The van der Waals surface area contributed by atoms with Crippen LogP contribution in [0, 0.1) is 11.3 Å². The minimum atomic E-state index is -0.0338. The van der Waals surface area contributed by atoms with E-state index in [4.69, 9.17) is 10.00 Å². The first-order valence-corrected chi connectivity index (χ1v) is 10.2. The molecule has 1 heterocycles. The topological polar surface area (TPSA) is 84.0 Å². The largest absolute Gasteiger partial charge is 0.497 e. The summed E-state index contributed by atoms with van der Waals surface area (Å²) in [6.45, 7) is 4.63. The highest BCUT2D eigenvalue weighted by molar-refractivity contribution is 7.99. The number of hydrogen-bond acceptors (Lipinski definition) is 6. The third-order valence-electron chi connectivity index (χ3n) is 4.35. The lowest BCUT2D eigenvalue weighted by Gasteiger charge is -2.21. The molecule has 1 amide bonds. The molecule has 30 heavy (non-hydrogen) atoms. The number of hydrogen-bond donors (Lipinski definition) is 0. The Kier molecular flexibility index (Phi) is 7.24. The summed E-state index contributed by atoms with van der Waals surface area (Å²) in [5.74, 6) is 0.950. The van der Waals surface area contributed by atoms with Crippen molar-refractivity contribution in [1.82, 2.24) is 19.7 Å². The summed E-state index contributed by atoms with van der Waals surface area (Å²) in [5.41, 5.74) is 2.43. The molecule has 8 heteroatoms. The third-order valence-corrected chi connectivity index (χ3v) is 5.28. The minimum absolute atomic E-state index is 0.0338. The van der Waals surface area contributed by atoms with Crippen molar-refractivity contribution in [2.45, 2.75) is 11.7 Å². The van der Waals surface area contributed by atoms with E-state index in [0.29, 0.717) is 23.8 Å². The van der Waals surface area contributed by atoms with Crippen LogP contribution in [0.3, 0.4) is 0 Å². The number of carbonyl (C=O) groups is 1. The molecule has 7 nitrogen and oxygen atoms in total. The van der Waals surface area contributed by atoms with Gasteiger partial charge in [-0.3, -0.25) is 9.36 Å². The summed E-state index contributed by atoms with van der Waals surface area (Å²) in [7, 11) is 1.62. The van der Waals surface area contributed by atoms with Crippen LogP contribution in [-0.4, -0.2) is 45.0 Å². The van der Waals surface area contributed by atoms with Crippen LogP contribution in [0.4, 0.5) is 0 Å². The standard InChI is InChI=1S/C22H21N5O2S/c1-3-12-26(14-18-6-4-17(13-23)5-7-18)21(28)15-30-22-25-24-16-27(22)19-8-10-20(29-2)11-9-19/h3-11,16H,1,12,14-15H2,2H3. The lowest BCUT2D eigenvalue weighted by molar-refractivity contribution is -0.128. The fraction of sp³-hybridized carbons (Fsp3) is 0.182. The van der Waals surface area contributed by atoms with Gasteiger partial charge in [0, 0.05) is 18.8 Å². The number of nitriles is 1. The molecule has 0 spiro atoms. The van der Waals surface area contributed by atoms with Crippen LogP contribution in [-0.2, 0) is 11.3 Å². The fourth-order valence-electron chi connectivity index (χ4n) is 2.78. The molecule has 0 aliphatic carbocycles. The van der Waals surface area contributed by atoms with E-state index in [9.17, 15) is 4.79 Å². The second-order valence-corrected chi connectivity index (χ2v) is 7.28. The van der Waals surface area contributed by atoms with Crippen LogP contribution < -0.4 is 4.74 Å². The average Bonchev–Trinajstić information content (AvgIpc) is 3.26. The molecular weight excluding hydrogens is 398 g/mol. The summed E-state index contributed by atoms with van der Waals surface area (Å²) < 4.78 is 7.02. The van der Waals surface area contributed by atoms with E-state index in [1.807, 2.05) is 41.0 Å². The highest BCUT2D eigenvalue weighted by atomic mass is 32.2. The fourth-order valence-corrected chi connectivity index (χ4v) is 3.61. The van der Waals surface area contributed by atoms with E-state index in [0.717, 1.165) is 17.0 Å². The zero-order valence-electron chi connectivity index (χ0n) is 16.6. The molecule has 0 atom stereocenters. The number of benzene rings is 2. The van der Waals surface area contributed by atoms with Crippen molar-refractivity contribution in [2.75, 3.05) is 19.4 Å². The van der Waals surface area contributed by atoms with E-state index in [-0.39, 0.29) is 11.7 Å². The van der Waals surface area contributed by atoms with Crippen molar-refractivity contribution in [3.63, 3.8) is 0 Å². The molecule has 0 N–H and O–H groups in total. The highest BCUT2D eigenvalue weighted by Crippen LogP contribution is 2.22. The summed E-state index contributed by atoms with van der Waals surface area (Å²) in [5, 5.41) is 17.7. The average molecular weight is 420 g/mol. The van der Waals surface area contributed by atoms with Gasteiger partial charge in [0.25, 0.3) is 0 Å². The Balaban J connectivity index is 1.66. The maximum Gasteiger partial charge on any atom is 0.233 e. The molecule has 0 fully saturated rings. The summed E-state index contributed by atoms with van der Waals surface area (Å²) in [4.78, 5) is 14.5. The molecule has 152 valence electrons. The lowest BCUT2D eigenvalue weighted by atomic mass is 10.1. The van der Waals surface area contributed by atoms with Crippen molar-refractivity contribution in [2.24, 2.45) is 0 Å². The van der Waals surface area contributed by atoms with Crippen molar-refractivity contribution in [3.8, 4) is 17.5 Å². The summed E-state index contributed by atoms with van der Waals surface area (Å²) in [6, 6.07) is 16.8. The molecule has 3 aromatic rings. The Bertz CT molecular complexity index is 1040. The number of rotatable bonds is 9. The van der Waals surface area contributed by atoms with Crippen LogP contribution >= 0.6 is 11.8 Å².